The highest BCUT2D eigenvalue weighted by molar-refractivity contribution is 5.82. The molecule has 3 aromatic rings. The smallest absolute Gasteiger partial charge is 0.188 e. The Hall–Kier alpha value is -2.95. The number of H-pyrrole nitrogens is 1. The highest BCUT2D eigenvalue weighted by Crippen LogP contribution is 2.18. The second-order valence-corrected chi connectivity index (χ2v) is 5.55. The van der Waals surface area contributed by atoms with Gasteiger partial charge in [-0.3, -0.25) is 0 Å². The molecule has 4 N–H and O–H groups in total. The van der Waals surface area contributed by atoms with Gasteiger partial charge in [0.15, 0.2) is 5.96 Å². The van der Waals surface area contributed by atoms with Crippen molar-refractivity contribution in [1.29, 1.82) is 0 Å². The molecule has 1 aromatic heterocycles. The van der Waals surface area contributed by atoms with Crippen molar-refractivity contribution >= 4 is 16.9 Å². The molecule has 0 saturated carbocycles. The molecule has 0 saturated heterocycles. The molecule has 0 aliphatic heterocycles. The standard InChI is InChI=1S/C19H22N4O/c1-24-17-8-3-2-5-16(17)13-23-19(20)22-12-10-15-7-4-6-14-9-11-21-18(14)15/h2-9,11,21H,10,12-13H2,1H3,(H3,20,22,23). The van der Waals surface area contributed by atoms with Crippen LogP contribution < -0.4 is 15.8 Å². The molecule has 0 aliphatic rings. The van der Waals surface area contributed by atoms with Crippen molar-refractivity contribution < 1.29 is 4.74 Å². The third kappa shape index (κ3) is 3.68. The molecule has 0 spiro atoms. The summed E-state index contributed by atoms with van der Waals surface area (Å²) in [5.74, 6) is 1.27. The Bertz CT molecular complexity index is 838. The maximum atomic E-state index is 5.96. The number of guanidine groups is 1. The number of rotatable bonds is 6. The van der Waals surface area contributed by atoms with Gasteiger partial charge in [0.2, 0.25) is 0 Å². The Morgan fingerprint density at radius 1 is 1.12 bits per heavy atom. The molecule has 124 valence electrons. The monoisotopic (exact) mass is 322 g/mol. The number of benzene rings is 2. The minimum atomic E-state index is 0.444. The first kappa shape index (κ1) is 15.9. The zero-order chi connectivity index (χ0) is 16.8. The Balaban J connectivity index is 1.55. The van der Waals surface area contributed by atoms with E-state index < -0.39 is 0 Å². The van der Waals surface area contributed by atoms with Crippen LogP contribution in [-0.2, 0) is 13.0 Å². The Labute approximate surface area is 141 Å². The van der Waals surface area contributed by atoms with Crippen molar-refractivity contribution in [2.24, 2.45) is 10.7 Å². The predicted molar refractivity (Wildman–Crippen MR) is 98.3 cm³/mol. The van der Waals surface area contributed by atoms with E-state index >= 15 is 0 Å². The van der Waals surface area contributed by atoms with Crippen LogP contribution in [0.2, 0.25) is 0 Å². The number of nitrogens with two attached hydrogens (primary N) is 1. The van der Waals surface area contributed by atoms with Crippen molar-refractivity contribution in [3.8, 4) is 5.75 Å². The minimum absolute atomic E-state index is 0.444. The van der Waals surface area contributed by atoms with Gasteiger partial charge in [-0.25, -0.2) is 4.99 Å². The molecule has 0 bridgehead atoms. The molecule has 0 fully saturated rings. The van der Waals surface area contributed by atoms with Crippen LogP contribution in [0.25, 0.3) is 10.9 Å². The van der Waals surface area contributed by atoms with Crippen LogP contribution >= 0.6 is 0 Å². The lowest BCUT2D eigenvalue weighted by molar-refractivity contribution is 0.410. The molecule has 0 aliphatic carbocycles. The second kappa shape index (κ2) is 7.55. The van der Waals surface area contributed by atoms with Crippen LogP contribution in [0.3, 0.4) is 0 Å². The molecule has 3 rings (SSSR count). The number of aromatic nitrogens is 1. The highest BCUT2D eigenvalue weighted by Gasteiger charge is 2.03. The fraction of sp³-hybridized carbons (Fsp3) is 0.211. The van der Waals surface area contributed by atoms with Crippen LogP contribution in [0.1, 0.15) is 11.1 Å². The van der Waals surface area contributed by atoms with E-state index in [-0.39, 0.29) is 0 Å². The van der Waals surface area contributed by atoms with E-state index in [0.717, 1.165) is 24.3 Å². The minimum Gasteiger partial charge on any atom is -0.496 e. The van der Waals surface area contributed by atoms with Gasteiger partial charge >= 0.3 is 0 Å². The molecule has 0 radical (unpaired) electrons. The van der Waals surface area contributed by atoms with E-state index in [1.54, 1.807) is 7.11 Å². The summed E-state index contributed by atoms with van der Waals surface area (Å²) in [6.45, 7) is 1.23. The molecule has 1 heterocycles. The number of aliphatic imine (C=N–C) groups is 1. The summed E-state index contributed by atoms with van der Waals surface area (Å²) in [4.78, 5) is 7.66. The van der Waals surface area contributed by atoms with Gasteiger partial charge in [0, 0.05) is 23.8 Å². The molecule has 0 amide bonds. The third-order valence-electron chi connectivity index (χ3n) is 3.99. The number of methoxy groups -OCH3 is 1. The highest BCUT2D eigenvalue weighted by atomic mass is 16.5. The fourth-order valence-corrected chi connectivity index (χ4v) is 2.74. The SMILES string of the molecule is COc1ccccc1CN=C(N)NCCc1cccc2cc[nH]c12. The van der Waals surface area contributed by atoms with Gasteiger partial charge in [-0.2, -0.15) is 0 Å². The predicted octanol–water partition coefficient (Wildman–Crippen LogP) is 2.82. The average molecular weight is 322 g/mol. The van der Waals surface area contributed by atoms with Crippen molar-refractivity contribution in [1.82, 2.24) is 10.3 Å². The van der Waals surface area contributed by atoms with Gasteiger partial charge in [0.25, 0.3) is 0 Å². The second-order valence-electron chi connectivity index (χ2n) is 5.55. The normalized spacial score (nSPS) is 11.6. The summed E-state index contributed by atoms with van der Waals surface area (Å²) >= 11 is 0. The Morgan fingerprint density at radius 2 is 1.96 bits per heavy atom. The van der Waals surface area contributed by atoms with E-state index in [9.17, 15) is 0 Å². The lowest BCUT2D eigenvalue weighted by Gasteiger charge is -2.08. The van der Waals surface area contributed by atoms with Gasteiger partial charge in [-0.1, -0.05) is 36.4 Å². The van der Waals surface area contributed by atoms with Gasteiger partial charge < -0.3 is 20.8 Å². The fourth-order valence-electron chi connectivity index (χ4n) is 2.74. The molecule has 0 unspecified atom stereocenters. The largest absolute Gasteiger partial charge is 0.496 e. The van der Waals surface area contributed by atoms with Crippen molar-refractivity contribution in [3.63, 3.8) is 0 Å². The average Bonchev–Trinajstić information content (AvgIpc) is 3.10. The van der Waals surface area contributed by atoms with Crippen molar-refractivity contribution in [2.75, 3.05) is 13.7 Å². The number of ether oxygens (including phenoxy) is 1. The van der Waals surface area contributed by atoms with E-state index in [2.05, 4.69) is 39.6 Å². The summed E-state index contributed by atoms with van der Waals surface area (Å²) in [7, 11) is 1.66. The van der Waals surface area contributed by atoms with Crippen molar-refractivity contribution in [2.45, 2.75) is 13.0 Å². The molecular weight excluding hydrogens is 300 g/mol. The molecule has 5 heteroatoms. The molecule has 24 heavy (non-hydrogen) atoms. The van der Waals surface area contributed by atoms with Crippen LogP contribution in [0.4, 0.5) is 0 Å². The molecular formula is C19H22N4O. The zero-order valence-corrected chi connectivity index (χ0v) is 13.8. The third-order valence-corrected chi connectivity index (χ3v) is 3.99. The lowest BCUT2D eigenvalue weighted by atomic mass is 10.1. The molecule has 0 atom stereocenters. The van der Waals surface area contributed by atoms with Crippen LogP contribution in [0, 0.1) is 0 Å². The first-order valence-corrected chi connectivity index (χ1v) is 7.98. The summed E-state index contributed by atoms with van der Waals surface area (Å²) in [5.41, 5.74) is 9.43. The first-order chi connectivity index (χ1) is 11.8. The van der Waals surface area contributed by atoms with E-state index in [1.807, 2.05) is 30.5 Å². The van der Waals surface area contributed by atoms with Gasteiger partial charge in [0.05, 0.1) is 13.7 Å². The topological polar surface area (TPSA) is 75.4 Å². The Morgan fingerprint density at radius 3 is 2.83 bits per heavy atom. The Kier molecular flexibility index (Phi) is 5.01. The van der Waals surface area contributed by atoms with E-state index in [0.29, 0.717) is 12.5 Å². The number of nitrogens with zero attached hydrogens (tertiary/aromatic N) is 1. The number of aromatic amines is 1. The number of hydrogen-bond donors (Lipinski definition) is 3. The number of fused-ring (bicyclic) bond motifs is 1. The number of hydrogen-bond acceptors (Lipinski definition) is 2. The van der Waals surface area contributed by atoms with E-state index in [1.165, 1.54) is 16.5 Å². The summed E-state index contributed by atoms with van der Waals surface area (Å²) < 4.78 is 5.32. The first-order valence-electron chi connectivity index (χ1n) is 7.98. The summed E-state index contributed by atoms with van der Waals surface area (Å²) in [6.07, 6.45) is 2.84. The van der Waals surface area contributed by atoms with E-state index in [4.69, 9.17) is 10.5 Å². The zero-order valence-electron chi connectivity index (χ0n) is 13.8. The van der Waals surface area contributed by atoms with Crippen LogP contribution in [0.15, 0.2) is 59.7 Å². The number of para-hydroxylation sites is 2. The number of nitrogens with one attached hydrogen (secondary N) is 2. The van der Waals surface area contributed by atoms with Crippen LogP contribution in [-0.4, -0.2) is 24.6 Å². The van der Waals surface area contributed by atoms with Gasteiger partial charge in [-0.05, 0) is 29.5 Å². The molecule has 5 nitrogen and oxygen atoms in total. The lowest BCUT2D eigenvalue weighted by Crippen LogP contribution is -2.33. The maximum absolute atomic E-state index is 5.96. The van der Waals surface area contributed by atoms with Crippen LogP contribution in [0.5, 0.6) is 5.75 Å². The van der Waals surface area contributed by atoms with Crippen molar-refractivity contribution in [3.05, 3.63) is 65.9 Å². The van der Waals surface area contributed by atoms with Gasteiger partial charge in [-0.15, -0.1) is 0 Å². The van der Waals surface area contributed by atoms with Gasteiger partial charge in [0.1, 0.15) is 5.75 Å². The quantitative estimate of drug-likeness (QED) is 0.482. The summed E-state index contributed by atoms with van der Waals surface area (Å²) in [6, 6.07) is 16.2. The molecule has 2 aromatic carbocycles. The summed E-state index contributed by atoms with van der Waals surface area (Å²) in [5, 5.41) is 4.40. The maximum Gasteiger partial charge on any atom is 0.188 e.